The highest BCUT2D eigenvalue weighted by molar-refractivity contribution is 6.02. The van der Waals surface area contributed by atoms with E-state index in [9.17, 15) is 9.59 Å². The van der Waals surface area contributed by atoms with E-state index < -0.39 is 0 Å². The van der Waals surface area contributed by atoms with Crippen molar-refractivity contribution in [2.45, 2.75) is 6.54 Å². The maximum atomic E-state index is 12.1. The number of pyridine rings is 1. The fourth-order valence-electron chi connectivity index (χ4n) is 2.22. The third kappa shape index (κ3) is 4.91. The molecule has 2 aromatic heterocycles. The van der Waals surface area contributed by atoms with Crippen LogP contribution >= 0.6 is 0 Å². The number of furan rings is 1. The zero-order chi connectivity index (χ0) is 18.2. The fourth-order valence-corrected chi connectivity index (χ4v) is 2.22. The van der Waals surface area contributed by atoms with E-state index >= 15 is 0 Å². The highest BCUT2D eigenvalue weighted by Gasteiger charge is 2.06. The van der Waals surface area contributed by atoms with Crippen molar-refractivity contribution in [3.05, 3.63) is 90.2 Å². The van der Waals surface area contributed by atoms with Crippen molar-refractivity contribution in [1.82, 2.24) is 10.3 Å². The number of aromatic nitrogens is 1. The normalized spacial score (nSPS) is 10.6. The molecule has 26 heavy (non-hydrogen) atoms. The van der Waals surface area contributed by atoms with E-state index in [0.29, 0.717) is 23.6 Å². The molecule has 1 aromatic carbocycles. The van der Waals surface area contributed by atoms with E-state index in [1.165, 1.54) is 12.3 Å². The number of benzene rings is 1. The van der Waals surface area contributed by atoms with Crippen molar-refractivity contribution in [3.8, 4) is 0 Å². The number of rotatable bonds is 6. The highest BCUT2D eigenvalue weighted by Crippen LogP contribution is 2.10. The van der Waals surface area contributed by atoms with E-state index in [4.69, 9.17) is 4.42 Å². The molecule has 3 rings (SSSR count). The Hall–Kier alpha value is -3.67. The molecule has 0 radical (unpaired) electrons. The first-order chi connectivity index (χ1) is 12.7. The molecule has 0 saturated carbocycles. The Morgan fingerprint density at radius 1 is 1.08 bits per heavy atom. The molecular weight excluding hydrogens is 330 g/mol. The van der Waals surface area contributed by atoms with E-state index in [0.717, 1.165) is 5.56 Å². The number of amides is 2. The van der Waals surface area contributed by atoms with Crippen LogP contribution in [0.1, 0.15) is 21.7 Å². The number of hydrogen-bond acceptors (Lipinski definition) is 4. The summed E-state index contributed by atoms with van der Waals surface area (Å²) < 4.78 is 5.12. The standard InChI is InChI=1S/C20H17N3O3/c24-19(10-9-18-4-2-12-26-18)23-17-7-5-16(6-8-17)20(25)22-14-15-3-1-11-21-13-15/h1-13H,14H2,(H,22,25)(H,23,24)/b10-9+. The minimum atomic E-state index is -0.282. The number of nitrogens with zero attached hydrogens (tertiary/aromatic N) is 1. The van der Waals surface area contributed by atoms with Crippen LogP contribution in [0, 0.1) is 0 Å². The third-order valence-electron chi connectivity index (χ3n) is 3.53. The molecule has 2 N–H and O–H groups in total. The lowest BCUT2D eigenvalue weighted by Crippen LogP contribution is -2.22. The van der Waals surface area contributed by atoms with Crippen LogP contribution in [0.4, 0.5) is 5.69 Å². The lowest BCUT2D eigenvalue weighted by Gasteiger charge is -2.06. The van der Waals surface area contributed by atoms with Gasteiger partial charge in [0.15, 0.2) is 0 Å². The molecule has 0 fully saturated rings. The van der Waals surface area contributed by atoms with Crippen LogP contribution in [0.3, 0.4) is 0 Å². The molecule has 0 unspecified atom stereocenters. The SMILES string of the molecule is O=C(/C=C/c1ccco1)Nc1ccc(C(=O)NCc2cccnc2)cc1. The van der Waals surface area contributed by atoms with Crippen molar-refractivity contribution in [3.63, 3.8) is 0 Å². The number of hydrogen-bond donors (Lipinski definition) is 2. The Kier molecular flexibility index (Phi) is 5.57. The first kappa shape index (κ1) is 17.2. The van der Waals surface area contributed by atoms with Crippen LogP contribution in [0.15, 0.2) is 77.7 Å². The van der Waals surface area contributed by atoms with Gasteiger partial charge in [-0.25, -0.2) is 0 Å². The lowest BCUT2D eigenvalue weighted by molar-refractivity contribution is -0.111. The van der Waals surface area contributed by atoms with E-state index in [1.807, 2.05) is 12.1 Å². The average molecular weight is 347 g/mol. The molecule has 0 saturated heterocycles. The molecule has 3 aromatic rings. The second-order valence-corrected chi connectivity index (χ2v) is 5.46. The molecule has 0 aliphatic rings. The molecule has 2 heterocycles. The molecule has 6 nitrogen and oxygen atoms in total. The number of carbonyl (C=O) groups is 2. The first-order valence-electron chi connectivity index (χ1n) is 8.00. The molecule has 130 valence electrons. The number of carbonyl (C=O) groups excluding carboxylic acids is 2. The monoisotopic (exact) mass is 347 g/mol. The van der Waals surface area contributed by atoms with Gasteiger partial charge >= 0.3 is 0 Å². The van der Waals surface area contributed by atoms with Gasteiger partial charge < -0.3 is 15.1 Å². The predicted molar refractivity (Wildman–Crippen MR) is 98.2 cm³/mol. The van der Waals surface area contributed by atoms with Gasteiger partial charge in [0, 0.05) is 36.3 Å². The van der Waals surface area contributed by atoms with Gasteiger partial charge in [-0.3, -0.25) is 14.6 Å². The Morgan fingerprint density at radius 2 is 1.92 bits per heavy atom. The first-order valence-corrected chi connectivity index (χ1v) is 8.00. The second-order valence-electron chi connectivity index (χ2n) is 5.46. The lowest BCUT2D eigenvalue weighted by atomic mass is 10.2. The van der Waals surface area contributed by atoms with Crippen LogP contribution < -0.4 is 10.6 Å². The van der Waals surface area contributed by atoms with Crippen molar-refractivity contribution >= 4 is 23.6 Å². The van der Waals surface area contributed by atoms with Crippen LogP contribution in [0.2, 0.25) is 0 Å². The summed E-state index contributed by atoms with van der Waals surface area (Å²) in [5.41, 5.74) is 2.04. The molecule has 0 aliphatic heterocycles. The molecule has 6 heteroatoms. The largest absolute Gasteiger partial charge is 0.465 e. The zero-order valence-electron chi connectivity index (χ0n) is 13.9. The van der Waals surface area contributed by atoms with Crippen LogP contribution in [-0.2, 0) is 11.3 Å². The molecule has 2 amide bonds. The summed E-state index contributed by atoms with van der Waals surface area (Å²) in [5, 5.41) is 5.54. The van der Waals surface area contributed by atoms with Gasteiger partial charge in [0.2, 0.25) is 5.91 Å². The van der Waals surface area contributed by atoms with Crippen molar-refractivity contribution in [1.29, 1.82) is 0 Å². The van der Waals surface area contributed by atoms with Crippen molar-refractivity contribution in [2.75, 3.05) is 5.32 Å². The number of anilines is 1. The molecule has 0 aliphatic carbocycles. The van der Waals surface area contributed by atoms with Gasteiger partial charge in [0.1, 0.15) is 5.76 Å². The molecule has 0 bridgehead atoms. The summed E-state index contributed by atoms with van der Waals surface area (Å²) in [6.45, 7) is 0.405. The number of nitrogens with one attached hydrogen (secondary N) is 2. The molecule has 0 spiro atoms. The van der Waals surface area contributed by atoms with Crippen LogP contribution in [-0.4, -0.2) is 16.8 Å². The van der Waals surface area contributed by atoms with Crippen LogP contribution in [0.25, 0.3) is 6.08 Å². The van der Waals surface area contributed by atoms with Crippen molar-refractivity contribution < 1.29 is 14.0 Å². The van der Waals surface area contributed by atoms with Gasteiger partial charge in [-0.2, -0.15) is 0 Å². The smallest absolute Gasteiger partial charge is 0.251 e. The van der Waals surface area contributed by atoms with Gasteiger partial charge in [0.05, 0.1) is 6.26 Å². The summed E-state index contributed by atoms with van der Waals surface area (Å²) in [7, 11) is 0. The van der Waals surface area contributed by atoms with Gasteiger partial charge in [-0.15, -0.1) is 0 Å². The Balaban J connectivity index is 1.52. The summed E-state index contributed by atoms with van der Waals surface area (Å²) in [6.07, 6.45) is 7.88. The topological polar surface area (TPSA) is 84.2 Å². The second kappa shape index (κ2) is 8.43. The minimum absolute atomic E-state index is 0.190. The highest BCUT2D eigenvalue weighted by atomic mass is 16.3. The summed E-state index contributed by atoms with van der Waals surface area (Å²) >= 11 is 0. The van der Waals surface area contributed by atoms with E-state index in [-0.39, 0.29) is 11.8 Å². The summed E-state index contributed by atoms with van der Waals surface area (Å²) in [5.74, 6) is 0.125. The Bertz CT molecular complexity index is 886. The maximum absolute atomic E-state index is 12.1. The summed E-state index contributed by atoms with van der Waals surface area (Å²) in [6, 6.07) is 13.9. The van der Waals surface area contributed by atoms with Gasteiger partial charge in [-0.05, 0) is 54.1 Å². The quantitative estimate of drug-likeness (QED) is 0.670. The van der Waals surface area contributed by atoms with Gasteiger partial charge in [0.25, 0.3) is 5.91 Å². The van der Waals surface area contributed by atoms with Gasteiger partial charge in [-0.1, -0.05) is 6.07 Å². The maximum Gasteiger partial charge on any atom is 0.251 e. The van der Waals surface area contributed by atoms with Crippen LogP contribution in [0.5, 0.6) is 0 Å². The van der Waals surface area contributed by atoms with E-state index in [2.05, 4.69) is 15.6 Å². The average Bonchev–Trinajstić information content (AvgIpc) is 3.19. The Morgan fingerprint density at radius 3 is 2.62 bits per heavy atom. The third-order valence-corrected chi connectivity index (χ3v) is 3.53. The molecular formula is C20H17N3O3. The van der Waals surface area contributed by atoms with E-state index in [1.54, 1.807) is 54.9 Å². The Labute approximate surface area is 150 Å². The summed E-state index contributed by atoms with van der Waals surface area (Å²) in [4.78, 5) is 28.0. The zero-order valence-corrected chi connectivity index (χ0v) is 13.9. The predicted octanol–water partition coefficient (Wildman–Crippen LogP) is 3.26. The molecule has 0 atom stereocenters. The van der Waals surface area contributed by atoms with Crippen molar-refractivity contribution in [2.24, 2.45) is 0 Å². The fraction of sp³-hybridized carbons (Fsp3) is 0.0500. The minimum Gasteiger partial charge on any atom is -0.465 e.